The van der Waals surface area contributed by atoms with Gasteiger partial charge in [0.15, 0.2) is 12.4 Å². The van der Waals surface area contributed by atoms with E-state index in [4.69, 9.17) is 4.74 Å². The van der Waals surface area contributed by atoms with E-state index in [1.165, 1.54) is 24.3 Å². The number of nitrogens with one attached hydrogen (secondary N) is 1. The van der Waals surface area contributed by atoms with Crippen LogP contribution in [0.2, 0.25) is 0 Å². The monoisotopic (exact) mass is 408 g/mol. The molecule has 154 valence electrons. The number of carbonyl (C=O) groups excluding carboxylic acids is 5. The number of imide groups is 1. The van der Waals surface area contributed by atoms with E-state index in [1.807, 2.05) is 0 Å². The van der Waals surface area contributed by atoms with Crippen LogP contribution in [0.1, 0.15) is 46.9 Å². The topological polar surface area (TPSA) is 110 Å². The number of benzene rings is 2. The number of hydrogen-bond acceptors (Lipinski definition) is 6. The Morgan fingerprint density at radius 1 is 0.900 bits per heavy atom. The van der Waals surface area contributed by atoms with Crippen molar-refractivity contribution in [3.05, 3.63) is 59.7 Å². The van der Waals surface area contributed by atoms with Crippen molar-refractivity contribution < 1.29 is 28.7 Å². The summed E-state index contributed by atoms with van der Waals surface area (Å²) >= 11 is 0. The Kier molecular flexibility index (Phi) is 6.36. The first-order valence-corrected chi connectivity index (χ1v) is 9.45. The minimum Gasteiger partial charge on any atom is -0.454 e. The maximum atomic E-state index is 12.2. The predicted molar refractivity (Wildman–Crippen MR) is 108 cm³/mol. The number of carbonyl (C=O) groups is 5. The fraction of sp³-hybridized carbons (Fsp3) is 0.227. The van der Waals surface area contributed by atoms with Gasteiger partial charge in [0.1, 0.15) is 0 Å². The molecule has 0 saturated carbocycles. The van der Waals surface area contributed by atoms with Crippen molar-refractivity contribution in [3.8, 4) is 0 Å². The van der Waals surface area contributed by atoms with E-state index in [2.05, 4.69) is 5.32 Å². The first-order chi connectivity index (χ1) is 14.4. The largest absolute Gasteiger partial charge is 0.454 e. The lowest BCUT2D eigenvalue weighted by Crippen LogP contribution is -2.28. The lowest BCUT2D eigenvalue weighted by atomic mass is 10.1. The van der Waals surface area contributed by atoms with Crippen molar-refractivity contribution in [2.24, 2.45) is 0 Å². The highest BCUT2D eigenvalue weighted by Gasteiger charge is 2.30. The molecule has 0 aromatic heterocycles. The number of Topliss-reactive ketones (excluding diaryl/α,β-unsaturated/α-hetero) is 1. The van der Waals surface area contributed by atoms with Crippen molar-refractivity contribution in [1.29, 1.82) is 0 Å². The maximum Gasteiger partial charge on any atom is 0.338 e. The summed E-state index contributed by atoms with van der Waals surface area (Å²) in [6.45, 7) is 1.30. The van der Waals surface area contributed by atoms with Crippen LogP contribution in [-0.2, 0) is 19.1 Å². The number of rotatable bonds is 7. The molecule has 0 unspecified atom stereocenters. The summed E-state index contributed by atoms with van der Waals surface area (Å²) in [4.78, 5) is 60.4. The molecular formula is C22H20N2O6. The molecule has 8 heteroatoms. The summed E-state index contributed by atoms with van der Waals surface area (Å²) < 4.78 is 5.06. The van der Waals surface area contributed by atoms with E-state index in [1.54, 1.807) is 31.2 Å². The maximum absolute atomic E-state index is 12.2. The molecule has 0 radical (unpaired) electrons. The van der Waals surface area contributed by atoms with Gasteiger partial charge in [-0.3, -0.25) is 24.1 Å². The summed E-state index contributed by atoms with van der Waals surface area (Å²) in [5, 5.41) is 2.68. The van der Waals surface area contributed by atoms with E-state index < -0.39 is 12.6 Å². The number of hydrogen-bond donors (Lipinski definition) is 1. The summed E-state index contributed by atoms with van der Waals surface area (Å²) in [5.41, 5.74) is 1.51. The quantitative estimate of drug-likeness (QED) is 0.429. The van der Waals surface area contributed by atoms with Crippen molar-refractivity contribution in [2.45, 2.75) is 26.2 Å². The second kappa shape index (κ2) is 9.13. The van der Waals surface area contributed by atoms with Crippen LogP contribution in [-0.4, -0.2) is 36.1 Å². The molecule has 1 saturated heterocycles. The summed E-state index contributed by atoms with van der Waals surface area (Å²) in [6, 6.07) is 12.1. The van der Waals surface area contributed by atoms with Crippen LogP contribution < -0.4 is 10.2 Å². The summed E-state index contributed by atoms with van der Waals surface area (Å²) in [6.07, 6.45) is 0.704. The van der Waals surface area contributed by atoms with Crippen molar-refractivity contribution in [1.82, 2.24) is 0 Å². The van der Waals surface area contributed by atoms with Gasteiger partial charge in [-0.15, -0.1) is 0 Å². The zero-order chi connectivity index (χ0) is 21.7. The predicted octanol–water partition coefficient (Wildman–Crippen LogP) is 2.73. The summed E-state index contributed by atoms with van der Waals surface area (Å²) in [7, 11) is 0. The van der Waals surface area contributed by atoms with Crippen LogP contribution in [0.15, 0.2) is 48.5 Å². The average Bonchev–Trinajstić information content (AvgIpc) is 3.10. The van der Waals surface area contributed by atoms with Crippen molar-refractivity contribution >= 4 is 40.8 Å². The molecule has 2 aromatic rings. The van der Waals surface area contributed by atoms with Gasteiger partial charge >= 0.3 is 5.97 Å². The molecule has 3 amide bonds. The fourth-order valence-corrected chi connectivity index (χ4v) is 2.90. The Balaban J connectivity index is 1.56. The lowest BCUT2D eigenvalue weighted by molar-refractivity contribution is -0.121. The van der Waals surface area contributed by atoms with Gasteiger partial charge in [0.25, 0.3) is 0 Å². The lowest BCUT2D eigenvalue weighted by Gasteiger charge is -2.14. The van der Waals surface area contributed by atoms with E-state index >= 15 is 0 Å². The van der Waals surface area contributed by atoms with Crippen LogP contribution in [0.5, 0.6) is 0 Å². The zero-order valence-electron chi connectivity index (χ0n) is 16.3. The van der Waals surface area contributed by atoms with Gasteiger partial charge in [-0.25, -0.2) is 4.79 Å². The van der Waals surface area contributed by atoms with Gasteiger partial charge in [-0.1, -0.05) is 6.92 Å². The molecule has 2 aromatic carbocycles. The molecule has 1 fully saturated rings. The van der Waals surface area contributed by atoms with Gasteiger partial charge in [-0.2, -0.15) is 0 Å². The molecule has 0 bridgehead atoms. The number of nitrogens with zero attached hydrogens (tertiary/aromatic N) is 1. The molecule has 3 rings (SSSR count). The molecule has 1 heterocycles. The third-order valence-electron chi connectivity index (χ3n) is 4.56. The Hall–Kier alpha value is -3.81. The highest BCUT2D eigenvalue weighted by Crippen LogP contribution is 2.23. The molecule has 30 heavy (non-hydrogen) atoms. The van der Waals surface area contributed by atoms with Crippen LogP contribution in [0, 0.1) is 0 Å². The van der Waals surface area contributed by atoms with E-state index in [-0.39, 0.29) is 41.9 Å². The van der Waals surface area contributed by atoms with E-state index in [0.717, 1.165) is 4.90 Å². The molecule has 0 aliphatic carbocycles. The molecule has 1 N–H and O–H groups in total. The van der Waals surface area contributed by atoms with Crippen LogP contribution >= 0.6 is 0 Å². The standard InChI is InChI=1S/C22H20N2O6/c1-2-19(26)23-16-7-3-14(4-8-16)18(25)13-30-22(29)15-5-9-17(10-6-15)24-20(27)11-12-21(24)28/h3-10H,2,11-13H2,1H3,(H,23,26). The van der Waals surface area contributed by atoms with Gasteiger partial charge in [0.2, 0.25) is 17.7 Å². The third kappa shape index (κ3) is 4.78. The van der Waals surface area contributed by atoms with Gasteiger partial charge in [-0.05, 0) is 48.5 Å². The molecule has 1 aliphatic heterocycles. The van der Waals surface area contributed by atoms with Crippen LogP contribution in [0.3, 0.4) is 0 Å². The Labute approximate surface area is 172 Å². The third-order valence-corrected chi connectivity index (χ3v) is 4.56. The molecule has 1 aliphatic rings. The average molecular weight is 408 g/mol. The first-order valence-electron chi connectivity index (χ1n) is 9.45. The number of anilines is 2. The molecular weight excluding hydrogens is 388 g/mol. The fourth-order valence-electron chi connectivity index (χ4n) is 2.90. The Bertz CT molecular complexity index is 979. The number of esters is 1. The summed E-state index contributed by atoms with van der Waals surface area (Å²) in [5.74, 6) is -1.77. The molecule has 0 spiro atoms. The Morgan fingerprint density at radius 2 is 1.47 bits per heavy atom. The number of ketones is 1. The van der Waals surface area contributed by atoms with E-state index in [9.17, 15) is 24.0 Å². The van der Waals surface area contributed by atoms with Crippen molar-refractivity contribution in [2.75, 3.05) is 16.8 Å². The molecule has 0 atom stereocenters. The second-order valence-corrected chi connectivity index (χ2v) is 6.65. The smallest absolute Gasteiger partial charge is 0.338 e. The Morgan fingerprint density at radius 3 is 2.03 bits per heavy atom. The minimum atomic E-state index is -0.694. The number of ether oxygens (including phenoxy) is 1. The highest BCUT2D eigenvalue weighted by atomic mass is 16.5. The van der Waals surface area contributed by atoms with Gasteiger partial charge < -0.3 is 10.1 Å². The van der Waals surface area contributed by atoms with Gasteiger partial charge in [0, 0.05) is 30.5 Å². The highest BCUT2D eigenvalue weighted by molar-refractivity contribution is 6.19. The first kappa shape index (κ1) is 20.9. The van der Waals surface area contributed by atoms with Crippen molar-refractivity contribution in [3.63, 3.8) is 0 Å². The SMILES string of the molecule is CCC(=O)Nc1ccc(C(=O)COC(=O)c2ccc(N3C(=O)CCC3=O)cc2)cc1. The van der Waals surface area contributed by atoms with Gasteiger partial charge in [0.05, 0.1) is 11.3 Å². The number of amides is 3. The minimum absolute atomic E-state index is 0.132. The molecule has 8 nitrogen and oxygen atoms in total. The normalized spacial score (nSPS) is 13.3. The van der Waals surface area contributed by atoms with Crippen LogP contribution in [0.4, 0.5) is 11.4 Å². The second-order valence-electron chi connectivity index (χ2n) is 6.65. The van der Waals surface area contributed by atoms with Crippen LogP contribution in [0.25, 0.3) is 0 Å². The zero-order valence-corrected chi connectivity index (χ0v) is 16.3. The van der Waals surface area contributed by atoms with E-state index in [0.29, 0.717) is 23.4 Å².